The number of fused-ring (bicyclic) bond motifs is 1. The highest BCUT2D eigenvalue weighted by Crippen LogP contribution is 2.39. The lowest BCUT2D eigenvalue weighted by molar-refractivity contribution is -0.144. The predicted octanol–water partition coefficient (Wildman–Crippen LogP) is 2.50. The summed E-state index contributed by atoms with van der Waals surface area (Å²) >= 11 is 0. The van der Waals surface area contributed by atoms with E-state index in [1.165, 1.54) is 17.2 Å². The van der Waals surface area contributed by atoms with E-state index in [1.807, 2.05) is 4.90 Å². The molecule has 6 rings (SSSR count). The first-order valence-corrected chi connectivity index (χ1v) is 14.1. The Morgan fingerprint density at radius 2 is 1.88 bits per heavy atom. The predicted molar refractivity (Wildman–Crippen MR) is 134 cm³/mol. The Morgan fingerprint density at radius 3 is 2.57 bits per heavy atom. The van der Waals surface area contributed by atoms with E-state index in [0.717, 1.165) is 4.31 Å². The minimum Gasteiger partial charge on any atom is -0.295 e. The normalized spacial score (nSPS) is 19.4. The number of alkyl halides is 4. The highest BCUT2D eigenvalue weighted by atomic mass is 32.2. The summed E-state index contributed by atoms with van der Waals surface area (Å²) in [5, 5.41) is 21.1. The van der Waals surface area contributed by atoms with Gasteiger partial charge in [-0.15, -0.1) is 0 Å². The van der Waals surface area contributed by atoms with Crippen LogP contribution < -0.4 is 0 Å². The van der Waals surface area contributed by atoms with Crippen LogP contribution in [0.25, 0.3) is 22.3 Å². The maximum atomic E-state index is 15.1. The number of piperidine rings is 1. The van der Waals surface area contributed by atoms with Gasteiger partial charge in [0.05, 0.1) is 23.5 Å². The SMILES string of the molecule is N#CC(F)C1(n2cc(-c3ncnc4[nH]ncc34)cn2)CN(C2CCN(S(=O)(=O)c3ccnc(C(F)(F)F)c3F)CC2)C1. The molecule has 0 saturated carbocycles. The molecule has 12 nitrogen and oxygen atoms in total. The average molecular weight is 609 g/mol. The van der Waals surface area contributed by atoms with Gasteiger partial charge in [0.1, 0.15) is 22.8 Å². The van der Waals surface area contributed by atoms with Crippen LogP contribution >= 0.6 is 0 Å². The summed E-state index contributed by atoms with van der Waals surface area (Å²) in [6.07, 6.45) is 0.102. The fourth-order valence-corrected chi connectivity index (χ4v) is 7.08. The number of sulfonamides is 1. The van der Waals surface area contributed by atoms with Crippen molar-refractivity contribution in [3.63, 3.8) is 0 Å². The Labute approximate surface area is 234 Å². The molecule has 1 atom stereocenters. The molecule has 2 aliphatic rings. The molecule has 2 aliphatic heterocycles. The molecule has 0 spiro atoms. The minimum atomic E-state index is -5.15. The van der Waals surface area contributed by atoms with Gasteiger partial charge in [-0.2, -0.15) is 32.9 Å². The molecule has 0 bridgehead atoms. The van der Waals surface area contributed by atoms with E-state index in [1.54, 1.807) is 18.5 Å². The number of halogens is 5. The Bertz CT molecular complexity index is 1790. The van der Waals surface area contributed by atoms with Gasteiger partial charge in [-0.1, -0.05) is 0 Å². The number of aromatic nitrogens is 7. The topological polar surface area (TPSA) is 150 Å². The van der Waals surface area contributed by atoms with E-state index in [2.05, 4.69) is 30.2 Å². The summed E-state index contributed by atoms with van der Waals surface area (Å²) in [5.41, 5.74) is -1.59. The molecule has 0 aromatic carbocycles. The molecule has 0 aliphatic carbocycles. The van der Waals surface area contributed by atoms with Gasteiger partial charge in [0.25, 0.3) is 0 Å². The second-order valence-corrected chi connectivity index (χ2v) is 12.0. The third kappa shape index (κ3) is 4.48. The lowest BCUT2D eigenvalue weighted by Gasteiger charge is -2.54. The second-order valence-electron chi connectivity index (χ2n) is 10.1. The van der Waals surface area contributed by atoms with Crippen molar-refractivity contribution >= 4 is 21.1 Å². The van der Waals surface area contributed by atoms with Gasteiger partial charge in [-0.25, -0.2) is 32.2 Å². The molecule has 1 unspecified atom stereocenters. The van der Waals surface area contributed by atoms with Crippen LogP contribution in [-0.2, 0) is 21.7 Å². The second kappa shape index (κ2) is 10.0. The molecule has 220 valence electrons. The molecule has 2 fully saturated rings. The van der Waals surface area contributed by atoms with Crippen LogP contribution in [0.5, 0.6) is 0 Å². The minimum absolute atomic E-state index is 0.0861. The number of nitrogens with zero attached hydrogens (tertiary/aromatic N) is 9. The molecule has 2 saturated heterocycles. The van der Waals surface area contributed by atoms with Gasteiger partial charge in [-0.3, -0.25) is 14.7 Å². The number of likely N-dealkylation sites (tertiary alicyclic amines) is 1. The van der Waals surface area contributed by atoms with Crippen molar-refractivity contribution in [2.45, 2.75) is 41.7 Å². The van der Waals surface area contributed by atoms with Crippen molar-refractivity contribution in [2.24, 2.45) is 0 Å². The van der Waals surface area contributed by atoms with Crippen LogP contribution in [0, 0.1) is 17.1 Å². The van der Waals surface area contributed by atoms with Crippen molar-refractivity contribution < 1.29 is 30.4 Å². The smallest absolute Gasteiger partial charge is 0.295 e. The van der Waals surface area contributed by atoms with E-state index < -0.39 is 44.3 Å². The molecule has 4 aromatic rings. The Balaban J connectivity index is 1.16. The van der Waals surface area contributed by atoms with Crippen molar-refractivity contribution in [1.82, 2.24) is 44.1 Å². The fourth-order valence-electron chi connectivity index (χ4n) is 5.55. The number of rotatable bonds is 6. The molecule has 0 radical (unpaired) electrons. The lowest BCUT2D eigenvalue weighted by atomic mass is 9.82. The highest BCUT2D eigenvalue weighted by molar-refractivity contribution is 7.89. The average Bonchev–Trinajstić information content (AvgIpc) is 3.62. The number of hydrogen-bond acceptors (Lipinski definition) is 9. The number of H-pyrrole nitrogens is 1. The summed E-state index contributed by atoms with van der Waals surface area (Å²) in [6.45, 7) is 0.0483. The number of nitriles is 1. The van der Waals surface area contributed by atoms with Crippen LogP contribution in [0.3, 0.4) is 0 Å². The standard InChI is InChI=1S/C24H21F5N10O2S/c25-18(7-30)23(39-10-14(8-35-39)20-16-9-34-36-22(16)33-13-32-20)11-37(12-23)15-2-5-38(6-3-15)42(40,41)17-1-4-31-21(19(17)26)24(27,28)29/h1,4,8-10,13,15,18H,2-3,5-6,11-12H2,(H,32,33,34,36). The third-order valence-corrected chi connectivity index (χ3v) is 9.70. The van der Waals surface area contributed by atoms with Gasteiger partial charge >= 0.3 is 6.18 Å². The molecule has 42 heavy (non-hydrogen) atoms. The maximum absolute atomic E-state index is 15.1. The number of aromatic amines is 1. The first kappa shape index (κ1) is 28.1. The molecule has 1 N–H and O–H groups in total. The first-order valence-electron chi connectivity index (χ1n) is 12.6. The zero-order valence-corrected chi connectivity index (χ0v) is 22.3. The fraction of sp³-hybridized carbons (Fsp3) is 0.417. The highest BCUT2D eigenvalue weighted by Gasteiger charge is 2.54. The van der Waals surface area contributed by atoms with Gasteiger partial charge in [0.2, 0.25) is 16.2 Å². The van der Waals surface area contributed by atoms with E-state index in [9.17, 15) is 31.2 Å². The first-order chi connectivity index (χ1) is 20.0. The summed E-state index contributed by atoms with van der Waals surface area (Å²) < 4.78 is 97.2. The lowest BCUT2D eigenvalue weighted by Crippen LogP contribution is -2.70. The molecular formula is C24H21F5N10O2S. The van der Waals surface area contributed by atoms with Crippen LogP contribution in [0.2, 0.25) is 0 Å². The molecule has 0 amide bonds. The van der Waals surface area contributed by atoms with Crippen molar-refractivity contribution in [2.75, 3.05) is 26.2 Å². The number of pyridine rings is 1. The maximum Gasteiger partial charge on any atom is 0.436 e. The van der Waals surface area contributed by atoms with Gasteiger partial charge < -0.3 is 0 Å². The zero-order chi connectivity index (χ0) is 29.9. The summed E-state index contributed by atoms with van der Waals surface area (Å²) in [7, 11) is -4.57. The van der Waals surface area contributed by atoms with Crippen LogP contribution in [0.15, 0.2) is 42.1 Å². The summed E-state index contributed by atoms with van der Waals surface area (Å²) in [5.74, 6) is -1.95. The molecule has 18 heteroatoms. The van der Waals surface area contributed by atoms with Gasteiger partial charge in [0.15, 0.2) is 17.2 Å². The molecule has 4 aromatic heterocycles. The zero-order valence-electron chi connectivity index (χ0n) is 21.5. The van der Waals surface area contributed by atoms with Crippen molar-refractivity contribution in [1.29, 1.82) is 5.26 Å². The number of nitrogens with one attached hydrogen (secondary N) is 1. The Hall–Kier alpha value is -4.08. The number of hydrogen-bond donors (Lipinski definition) is 1. The van der Waals surface area contributed by atoms with Gasteiger partial charge in [-0.05, 0) is 18.9 Å². The third-order valence-electron chi connectivity index (χ3n) is 7.78. The van der Waals surface area contributed by atoms with Gasteiger partial charge in [0, 0.05) is 50.2 Å². The van der Waals surface area contributed by atoms with E-state index in [0.29, 0.717) is 34.6 Å². The Morgan fingerprint density at radius 1 is 1.14 bits per heavy atom. The van der Waals surface area contributed by atoms with Crippen molar-refractivity contribution in [3.05, 3.63) is 48.7 Å². The molecule has 6 heterocycles. The van der Waals surface area contributed by atoms with Crippen LogP contribution in [0.1, 0.15) is 18.5 Å². The Kier molecular flexibility index (Phi) is 6.70. The monoisotopic (exact) mass is 608 g/mol. The van der Waals surface area contributed by atoms with Crippen LogP contribution in [-0.4, -0.2) is 90.9 Å². The van der Waals surface area contributed by atoms with E-state index in [-0.39, 0.29) is 45.1 Å². The quantitative estimate of drug-likeness (QED) is 0.326. The summed E-state index contributed by atoms with van der Waals surface area (Å²) in [6, 6.07) is 2.17. The van der Waals surface area contributed by atoms with E-state index >= 15 is 4.39 Å². The largest absolute Gasteiger partial charge is 0.436 e. The van der Waals surface area contributed by atoms with Crippen molar-refractivity contribution in [3.8, 4) is 17.3 Å². The van der Waals surface area contributed by atoms with Crippen LogP contribution in [0.4, 0.5) is 22.0 Å². The van der Waals surface area contributed by atoms with E-state index in [4.69, 9.17) is 0 Å². The molecular weight excluding hydrogens is 587 g/mol. The summed E-state index contributed by atoms with van der Waals surface area (Å²) in [4.78, 5) is 12.1.